The summed E-state index contributed by atoms with van der Waals surface area (Å²) in [6.07, 6.45) is 5.37. The summed E-state index contributed by atoms with van der Waals surface area (Å²) in [5.74, 6) is -0.111. The molecular weight excluding hydrogens is 312 g/mol. The van der Waals surface area contributed by atoms with Gasteiger partial charge in [-0.25, -0.2) is 8.42 Å². The van der Waals surface area contributed by atoms with Crippen LogP contribution in [0.2, 0.25) is 0 Å². The van der Waals surface area contributed by atoms with Crippen molar-refractivity contribution in [2.45, 2.75) is 51.6 Å². The average Bonchev–Trinajstić information content (AvgIpc) is 2.99. The van der Waals surface area contributed by atoms with Gasteiger partial charge in [0, 0.05) is 25.6 Å². The van der Waals surface area contributed by atoms with Crippen LogP contribution in [0.5, 0.6) is 0 Å². The van der Waals surface area contributed by atoms with Crippen LogP contribution in [-0.2, 0) is 21.4 Å². The summed E-state index contributed by atoms with van der Waals surface area (Å²) in [6.45, 7) is 2.75. The van der Waals surface area contributed by atoms with Gasteiger partial charge in [-0.2, -0.15) is 4.31 Å². The van der Waals surface area contributed by atoms with Crippen LogP contribution < -0.4 is 5.32 Å². The average molecular weight is 338 g/mol. The van der Waals surface area contributed by atoms with Crippen molar-refractivity contribution in [3.05, 3.63) is 35.4 Å². The maximum absolute atomic E-state index is 12.0. The van der Waals surface area contributed by atoms with E-state index in [0.29, 0.717) is 6.54 Å². The highest BCUT2D eigenvalue weighted by Crippen LogP contribution is 2.25. The van der Waals surface area contributed by atoms with E-state index >= 15 is 0 Å². The molecule has 1 aliphatic carbocycles. The van der Waals surface area contributed by atoms with E-state index in [4.69, 9.17) is 0 Å². The molecule has 0 bridgehead atoms. The third-order valence-electron chi connectivity index (χ3n) is 4.45. The van der Waals surface area contributed by atoms with Crippen LogP contribution in [0, 0.1) is 6.92 Å². The van der Waals surface area contributed by atoms with E-state index in [1.54, 1.807) is 0 Å². The number of sulfonamides is 1. The summed E-state index contributed by atoms with van der Waals surface area (Å²) >= 11 is 0. The van der Waals surface area contributed by atoms with Crippen molar-refractivity contribution < 1.29 is 13.2 Å². The topological polar surface area (TPSA) is 66.5 Å². The van der Waals surface area contributed by atoms with E-state index in [1.807, 2.05) is 31.2 Å². The molecular formula is C17H26N2O3S. The van der Waals surface area contributed by atoms with E-state index in [0.717, 1.165) is 36.8 Å². The molecule has 0 radical (unpaired) electrons. The Bertz CT molecular complexity index is 637. The van der Waals surface area contributed by atoms with Crippen LogP contribution >= 0.6 is 0 Å². The summed E-state index contributed by atoms with van der Waals surface area (Å²) in [4.78, 5) is 12.0. The standard InChI is InChI=1S/C17H26N2O3S/c1-14-7-3-4-8-15(14)13-18-17(20)11-12-19(23(2,21)22)16-9-5-6-10-16/h3-4,7-8,16H,5-6,9-13H2,1-2H3,(H,18,20). The fraction of sp³-hybridized carbons (Fsp3) is 0.588. The summed E-state index contributed by atoms with van der Waals surface area (Å²) in [5.41, 5.74) is 2.22. The number of carbonyl (C=O) groups is 1. The first kappa shape index (κ1) is 17.9. The van der Waals surface area contributed by atoms with Crippen molar-refractivity contribution in [3.8, 4) is 0 Å². The highest BCUT2D eigenvalue weighted by Gasteiger charge is 2.29. The molecule has 0 aliphatic heterocycles. The van der Waals surface area contributed by atoms with Crippen LogP contribution in [0.25, 0.3) is 0 Å². The van der Waals surface area contributed by atoms with Crippen molar-refractivity contribution in [2.75, 3.05) is 12.8 Å². The number of amides is 1. The molecule has 5 nitrogen and oxygen atoms in total. The van der Waals surface area contributed by atoms with Gasteiger partial charge >= 0.3 is 0 Å². The number of rotatable bonds is 7. The zero-order valence-corrected chi connectivity index (χ0v) is 14.7. The third-order valence-corrected chi connectivity index (χ3v) is 5.79. The van der Waals surface area contributed by atoms with E-state index in [9.17, 15) is 13.2 Å². The smallest absolute Gasteiger partial charge is 0.221 e. The molecule has 2 rings (SSSR count). The van der Waals surface area contributed by atoms with Crippen molar-refractivity contribution in [1.29, 1.82) is 0 Å². The number of hydrogen-bond acceptors (Lipinski definition) is 3. The van der Waals surface area contributed by atoms with Gasteiger partial charge < -0.3 is 5.32 Å². The highest BCUT2D eigenvalue weighted by molar-refractivity contribution is 7.88. The van der Waals surface area contributed by atoms with Gasteiger partial charge in [0.2, 0.25) is 15.9 Å². The molecule has 1 amide bonds. The molecule has 0 saturated heterocycles. The van der Waals surface area contributed by atoms with Gasteiger partial charge in [0.15, 0.2) is 0 Å². The summed E-state index contributed by atoms with van der Waals surface area (Å²) < 4.78 is 25.4. The molecule has 128 valence electrons. The second-order valence-corrected chi connectivity index (χ2v) is 8.20. The third kappa shape index (κ3) is 5.32. The fourth-order valence-corrected chi connectivity index (χ4v) is 4.29. The van der Waals surface area contributed by atoms with Gasteiger partial charge in [0.1, 0.15) is 0 Å². The van der Waals surface area contributed by atoms with Crippen molar-refractivity contribution in [3.63, 3.8) is 0 Å². The monoisotopic (exact) mass is 338 g/mol. The first-order valence-electron chi connectivity index (χ1n) is 8.16. The van der Waals surface area contributed by atoms with Crippen molar-refractivity contribution in [2.24, 2.45) is 0 Å². The maximum atomic E-state index is 12.0. The van der Waals surface area contributed by atoms with Gasteiger partial charge in [-0.1, -0.05) is 37.1 Å². The molecule has 1 aromatic carbocycles. The normalized spacial score (nSPS) is 16.0. The minimum absolute atomic E-state index is 0.0640. The predicted octanol–water partition coefficient (Wildman–Crippen LogP) is 2.21. The molecule has 23 heavy (non-hydrogen) atoms. The molecule has 0 atom stereocenters. The number of hydrogen-bond donors (Lipinski definition) is 1. The number of nitrogens with zero attached hydrogens (tertiary/aromatic N) is 1. The Labute approximate surface area is 139 Å². The zero-order chi connectivity index (χ0) is 16.9. The van der Waals surface area contributed by atoms with Gasteiger partial charge in [0.05, 0.1) is 6.26 Å². The number of nitrogens with one attached hydrogen (secondary N) is 1. The molecule has 1 aliphatic rings. The molecule has 1 saturated carbocycles. The molecule has 6 heteroatoms. The molecule has 0 aromatic heterocycles. The van der Waals surface area contributed by atoms with E-state index in [2.05, 4.69) is 5.32 Å². The molecule has 0 unspecified atom stereocenters. The highest BCUT2D eigenvalue weighted by atomic mass is 32.2. The predicted molar refractivity (Wildman–Crippen MR) is 91.4 cm³/mol. The SMILES string of the molecule is Cc1ccccc1CNC(=O)CCN(C1CCCC1)S(C)(=O)=O. The zero-order valence-electron chi connectivity index (χ0n) is 13.9. The van der Waals surface area contributed by atoms with E-state index in [-0.39, 0.29) is 24.9 Å². The van der Waals surface area contributed by atoms with Crippen LogP contribution in [0.4, 0.5) is 0 Å². The summed E-state index contributed by atoms with van der Waals surface area (Å²) in [5, 5.41) is 2.88. The van der Waals surface area contributed by atoms with Gasteiger partial charge in [-0.3, -0.25) is 4.79 Å². The van der Waals surface area contributed by atoms with Crippen molar-refractivity contribution >= 4 is 15.9 Å². The van der Waals surface area contributed by atoms with Crippen LogP contribution in [-0.4, -0.2) is 37.5 Å². The lowest BCUT2D eigenvalue weighted by Gasteiger charge is -2.26. The Morgan fingerprint density at radius 1 is 1.26 bits per heavy atom. The lowest BCUT2D eigenvalue weighted by Crippen LogP contribution is -2.40. The maximum Gasteiger partial charge on any atom is 0.221 e. The van der Waals surface area contributed by atoms with Gasteiger partial charge in [-0.05, 0) is 30.9 Å². The Balaban J connectivity index is 1.85. The largest absolute Gasteiger partial charge is 0.352 e. The minimum atomic E-state index is -3.26. The molecule has 0 heterocycles. The molecule has 1 fully saturated rings. The van der Waals surface area contributed by atoms with Crippen molar-refractivity contribution in [1.82, 2.24) is 9.62 Å². The number of carbonyl (C=O) groups excluding carboxylic acids is 1. The Hall–Kier alpha value is -1.40. The second-order valence-electron chi connectivity index (χ2n) is 6.27. The van der Waals surface area contributed by atoms with Crippen LogP contribution in [0.1, 0.15) is 43.2 Å². The molecule has 1 aromatic rings. The number of aryl methyl sites for hydroxylation is 1. The quantitative estimate of drug-likeness (QED) is 0.829. The minimum Gasteiger partial charge on any atom is -0.352 e. The second kappa shape index (κ2) is 7.93. The molecule has 1 N–H and O–H groups in total. The summed E-state index contributed by atoms with van der Waals surface area (Å²) in [7, 11) is -3.26. The molecule has 0 spiro atoms. The van der Waals surface area contributed by atoms with Crippen LogP contribution in [0.15, 0.2) is 24.3 Å². The number of benzene rings is 1. The van der Waals surface area contributed by atoms with Gasteiger partial charge in [-0.15, -0.1) is 0 Å². The van der Waals surface area contributed by atoms with E-state index < -0.39 is 10.0 Å². The Morgan fingerprint density at radius 3 is 2.52 bits per heavy atom. The lowest BCUT2D eigenvalue weighted by molar-refractivity contribution is -0.121. The summed E-state index contributed by atoms with van der Waals surface area (Å²) in [6, 6.07) is 7.96. The van der Waals surface area contributed by atoms with Crippen LogP contribution in [0.3, 0.4) is 0 Å². The Kier molecular flexibility index (Phi) is 6.18. The lowest BCUT2D eigenvalue weighted by atomic mass is 10.1. The fourth-order valence-electron chi connectivity index (χ4n) is 3.11. The Morgan fingerprint density at radius 2 is 1.91 bits per heavy atom. The van der Waals surface area contributed by atoms with E-state index in [1.165, 1.54) is 10.6 Å². The first-order valence-corrected chi connectivity index (χ1v) is 10.0. The van der Waals surface area contributed by atoms with Gasteiger partial charge in [0.25, 0.3) is 0 Å². The first-order chi connectivity index (χ1) is 10.9.